The number of aromatic nitrogens is 5. The predicted molar refractivity (Wildman–Crippen MR) is 117 cm³/mol. The van der Waals surface area contributed by atoms with Gasteiger partial charge >= 0.3 is 6.03 Å². The largest absolute Gasteiger partial charge is 0.323 e. The number of hydrogen-bond donors (Lipinski definition) is 2. The number of para-hydroxylation sites is 1. The molecule has 0 fully saturated rings. The molecule has 0 saturated heterocycles. The minimum atomic E-state index is -0.465. The Hall–Kier alpha value is -3.85. The first-order valence-corrected chi connectivity index (χ1v) is 9.38. The van der Waals surface area contributed by atoms with Crippen LogP contribution in [0.1, 0.15) is 18.5 Å². The molecule has 0 aliphatic heterocycles. The number of pyridine rings is 2. The van der Waals surface area contributed by atoms with E-state index in [2.05, 4.69) is 42.5 Å². The molecule has 4 rings (SSSR count). The number of fused-ring (bicyclic) bond motifs is 1. The van der Waals surface area contributed by atoms with Gasteiger partial charge in [-0.2, -0.15) is 10.2 Å². The summed E-state index contributed by atoms with van der Waals surface area (Å²) in [6.07, 6.45) is 6.12. The van der Waals surface area contributed by atoms with Gasteiger partial charge in [-0.1, -0.05) is 29.8 Å². The second-order valence-electron chi connectivity index (χ2n) is 6.39. The normalized spacial score (nSPS) is 11.8. The average Bonchev–Trinajstić information content (AvgIpc) is 3.27. The third kappa shape index (κ3) is 3.83. The molecular formula is C20H17ClN8O. The maximum absolute atomic E-state index is 12.6. The van der Waals surface area contributed by atoms with Crippen molar-refractivity contribution in [1.82, 2.24) is 25.0 Å². The summed E-state index contributed by atoms with van der Waals surface area (Å²) in [6, 6.07) is 8.54. The zero-order valence-electron chi connectivity index (χ0n) is 16.0. The fourth-order valence-electron chi connectivity index (χ4n) is 3.06. The first kappa shape index (κ1) is 19.5. The van der Waals surface area contributed by atoms with E-state index < -0.39 is 6.03 Å². The van der Waals surface area contributed by atoms with E-state index in [0.717, 1.165) is 16.5 Å². The Morgan fingerprint density at radius 2 is 1.93 bits per heavy atom. The van der Waals surface area contributed by atoms with E-state index in [9.17, 15) is 4.79 Å². The maximum atomic E-state index is 12.6. The molecule has 0 aliphatic rings. The number of benzene rings is 1. The molecule has 30 heavy (non-hydrogen) atoms. The van der Waals surface area contributed by atoms with E-state index in [0.29, 0.717) is 22.2 Å². The minimum Gasteiger partial charge on any atom is -0.306 e. The smallest absolute Gasteiger partial charge is 0.306 e. The third-order valence-electron chi connectivity index (χ3n) is 4.44. The van der Waals surface area contributed by atoms with Gasteiger partial charge < -0.3 is 10.6 Å². The van der Waals surface area contributed by atoms with Crippen molar-refractivity contribution in [3.05, 3.63) is 65.7 Å². The van der Waals surface area contributed by atoms with E-state index in [1.165, 1.54) is 23.4 Å². The molecule has 0 aliphatic carbocycles. The van der Waals surface area contributed by atoms with Crippen LogP contribution in [0.15, 0.2) is 60.1 Å². The first-order chi connectivity index (χ1) is 14.6. The molecule has 1 unspecified atom stereocenters. The summed E-state index contributed by atoms with van der Waals surface area (Å²) in [5.74, 6) is 0.361. The van der Waals surface area contributed by atoms with Crippen LogP contribution < -0.4 is 10.6 Å². The van der Waals surface area contributed by atoms with Gasteiger partial charge in [0, 0.05) is 10.9 Å². The zero-order valence-corrected chi connectivity index (χ0v) is 16.7. The lowest BCUT2D eigenvalue weighted by Gasteiger charge is -2.16. The summed E-state index contributed by atoms with van der Waals surface area (Å²) in [5, 5.41) is 14.7. The fourth-order valence-corrected chi connectivity index (χ4v) is 3.30. The third-order valence-corrected chi connectivity index (χ3v) is 4.72. The summed E-state index contributed by atoms with van der Waals surface area (Å²) in [4.78, 5) is 26.6. The Morgan fingerprint density at radius 1 is 1.17 bits per heavy atom. The number of anilines is 2. The number of halogens is 1. The highest BCUT2D eigenvalue weighted by Gasteiger charge is 2.16. The van der Waals surface area contributed by atoms with Crippen molar-refractivity contribution in [3.63, 3.8) is 0 Å². The molecule has 9 nitrogen and oxygen atoms in total. The van der Waals surface area contributed by atoms with Gasteiger partial charge in [-0.3, -0.25) is 9.98 Å². The topological polar surface area (TPSA) is 110 Å². The number of nitrogens with one attached hydrogen (secondary N) is 2. The number of nitrogens with zero attached hydrogens (tertiary/aromatic N) is 6. The SMILES string of the molecule is C=NC(C)c1c(NC(=O)Nc2cnc(-n3nccn3)c(Cl)c2)cnc2ccccc12. The molecule has 0 spiro atoms. The molecule has 3 aromatic heterocycles. The quantitative estimate of drug-likeness (QED) is 0.468. The Bertz CT molecular complexity index is 1220. The van der Waals surface area contributed by atoms with Gasteiger partial charge in [0.25, 0.3) is 0 Å². The number of carbonyl (C=O) groups excluding carboxylic acids is 1. The van der Waals surface area contributed by atoms with E-state index in [1.54, 1.807) is 12.3 Å². The number of urea groups is 1. The van der Waals surface area contributed by atoms with Crippen LogP contribution in [0, 0.1) is 0 Å². The Morgan fingerprint density at radius 3 is 2.67 bits per heavy atom. The second-order valence-corrected chi connectivity index (χ2v) is 6.80. The Kier molecular flexibility index (Phi) is 5.36. The Balaban J connectivity index is 1.58. The van der Waals surface area contributed by atoms with Crippen LogP contribution in [0.25, 0.3) is 16.7 Å². The molecular weight excluding hydrogens is 404 g/mol. The van der Waals surface area contributed by atoms with Gasteiger partial charge in [-0.15, -0.1) is 4.80 Å². The van der Waals surface area contributed by atoms with E-state index in [4.69, 9.17) is 11.6 Å². The molecule has 0 saturated carbocycles. The first-order valence-electron chi connectivity index (χ1n) is 9.00. The lowest BCUT2D eigenvalue weighted by Crippen LogP contribution is -2.21. The maximum Gasteiger partial charge on any atom is 0.323 e. The van der Waals surface area contributed by atoms with Crippen LogP contribution in [0.3, 0.4) is 0 Å². The molecule has 1 atom stereocenters. The van der Waals surface area contributed by atoms with Gasteiger partial charge in [-0.05, 0) is 25.8 Å². The van der Waals surface area contributed by atoms with Crippen molar-refractivity contribution in [3.8, 4) is 5.82 Å². The second kappa shape index (κ2) is 8.26. The summed E-state index contributed by atoms with van der Waals surface area (Å²) in [7, 11) is 0. The monoisotopic (exact) mass is 420 g/mol. The molecule has 2 N–H and O–H groups in total. The fraction of sp³-hybridized carbons (Fsp3) is 0.100. The number of rotatable bonds is 5. The van der Waals surface area contributed by atoms with Crippen molar-refractivity contribution in [2.75, 3.05) is 10.6 Å². The highest BCUT2D eigenvalue weighted by molar-refractivity contribution is 6.32. The van der Waals surface area contributed by atoms with E-state index in [1.807, 2.05) is 31.2 Å². The molecule has 0 radical (unpaired) electrons. The highest BCUT2D eigenvalue weighted by Crippen LogP contribution is 2.32. The number of aliphatic imine (C=N–C) groups is 1. The van der Waals surface area contributed by atoms with Crippen molar-refractivity contribution in [2.45, 2.75) is 13.0 Å². The molecule has 2 amide bonds. The van der Waals surface area contributed by atoms with Crippen LogP contribution in [-0.2, 0) is 0 Å². The molecule has 10 heteroatoms. The highest BCUT2D eigenvalue weighted by atomic mass is 35.5. The molecule has 1 aromatic carbocycles. The van der Waals surface area contributed by atoms with Gasteiger partial charge in [0.2, 0.25) is 0 Å². The van der Waals surface area contributed by atoms with Crippen LogP contribution in [0.2, 0.25) is 5.02 Å². The van der Waals surface area contributed by atoms with Crippen molar-refractivity contribution in [2.24, 2.45) is 4.99 Å². The van der Waals surface area contributed by atoms with Gasteiger partial charge in [0.15, 0.2) is 5.82 Å². The summed E-state index contributed by atoms with van der Waals surface area (Å²) >= 11 is 6.25. The molecule has 0 bridgehead atoms. The molecule has 150 valence electrons. The van der Waals surface area contributed by atoms with Crippen molar-refractivity contribution >= 4 is 46.6 Å². The minimum absolute atomic E-state index is 0.231. The van der Waals surface area contributed by atoms with Crippen molar-refractivity contribution < 1.29 is 4.79 Å². The van der Waals surface area contributed by atoms with Crippen LogP contribution in [0.5, 0.6) is 0 Å². The summed E-state index contributed by atoms with van der Waals surface area (Å²) < 4.78 is 0. The molecule has 3 heterocycles. The summed E-state index contributed by atoms with van der Waals surface area (Å²) in [6.45, 7) is 5.54. The predicted octanol–water partition coefficient (Wildman–Crippen LogP) is 4.27. The summed E-state index contributed by atoms with van der Waals surface area (Å²) in [5.41, 5.74) is 2.61. The number of hydrogen-bond acceptors (Lipinski definition) is 6. The van der Waals surface area contributed by atoms with Gasteiger partial charge in [0.05, 0.1) is 52.7 Å². The van der Waals surface area contributed by atoms with Crippen LogP contribution in [-0.4, -0.2) is 37.7 Å². The number of carbonyl (C=O) groups is 1. The van der Waals surface area contributed by atoms with Crippen molar-refractivity contribution in [1.29, 1.82) is 0 Å². The lowest BCUT2D eigenvalue weighted by atomic mass is 10.0. The number of amides is 2. The zero-order chi connectivity index (χ0) is 21.1. The van der Waals surface area contributed by atoms with Crippen LogP contribution in [0.4, 0.5) is 16.2 Å². The van der Waals surface area contributed by atoms with Crippen LogP contribution >= 0.6 is 11.6 Å². The molecule has 4 aromatic rings. The standard InChI is InChI=1S/C20H17ClN8O/c1-12(22-2)18-14-5-3-4-6-16(14)23-11-17(18)28-20(30)27-13-9-15(21)19(24-10-13)29-25-7-8-26-29/h3-12H,2H2,1H3,(H2,27,28,30). The lowest BCUT2D eigenvalue weighted by molar-refractivity contribution is 0.262. The van der Waals surface area contributed by atoms with Gasteiger partial charge in [-0.25, -0.2) is 9.78 Å². The van der Waals surface area contributed by atoms with E-state index >= 15 is 0 Å². The Labute approximate surface area is 176 Å². The average molecular weight is 421 g/mol. The van der Waals surface area contributed by atoms with Gasteiger partial charge in [0.1, 0.15) is 0 Å². The van der Waals surface area contributed by atoms with E-state index in [-0.39, 0.29) is 6.04 Å².